The third kappa shape index (κ3) is 3.01. The third-order valence-corrected chi connectivity index (χ3v) is 7.57. The zero-order valence-electron chi connectivity index (χ0n) is 18.7. The Morgan fingerprint density at radius 3 is 2.46 bits per heavy atom. The highest BCUT2D eigenvalue weighted by molar-refractivity contribution is 6.31. The fourth-order valence-electron chi connectivity index (χ4n) is 5.91. The molecule has 2 saturated heterocycles. The molecule has 0 aromatic heterocycles. The van der Waals surface area contributed by atoms with E-state index < -0.39 is 29.3 Å². The lowest BCUT2D eigenvalue weighted by Crippen LogP contribution is -2.54. The second kappa shape index (κ2) is 7.73. The Balaban J connectivity index is 1.46. The number of anilines is 2. The Bertz CT molecular complexity index is 1390. The molecular formula is C27H21ClFN3O3. The first-order chi connectivity index (χ1) is 16.8. The fourth-order valence-corrected chi connectivity index (χ4v) is 6.09. The molecule has 3 aromatic rings. The van der Waals surface area contributed by atoms with Gasteiger partial charge in [0.1, 0.15) is 11.4 Å². The predicted molar refractivity (Wildman–Crippen MR) is 129 cm³/mol. The molecule has 0 aliphatic carbocycles. The van der Waals surface area contributed by atoms with Crippen LogP contribution in [0.3, 0.4) is 0 Å². The normalized spacial score (nSPS) is 27.2. The van der Waals surface area contributed by atoms with Gasteiger partial charge < -0.3 is 4.90 Å². The van der Waals surface area contributed by atoms with Crippen LogP contribution in [0.5, 0.6) is 0 Å². The summed E-state index contributed by atoms with van der Waals surface area (Å²) < 4.78 is 13.5. The number of amides is 3. The Labute approximate surface area is 206 Å². The SMILES string of the molecule is C[C@H]1N[C@]2(C(=O)N(Cc3ccc(F)cc3)c3ccccc32)[C@@H]2C(=O)N(c3cccc(Cl)c3)C(=O)[C@H]21. The number of benzene rings is 3. The van der Waals surface area contributed by atoms with E-state index in [9.17, 15) is 18.8 Å². The van der Waals surface area contributed by atoms with Gasteiger partial charge in [0.15, 0.2) is 0 Å². The van der Waals surface area contributed by atoms with Gasteiger partial charge in [-0.25, -0.2) is 9.29 Å². The molecule has 0 bridgehead atoms. The van der Waals surface area contributed by atoms with Crippen LogP contribution in [0.1, 0.15) is 18.1 Å². The number of nitrogens with one attached hydrogen (secondary N) is 1. The molecule has 3 heterocycles. The second-order valence-corrected chi connectivity index (χ2v) is 9.71. The summed E-state index contributed by atoms with van der Waals surface area (Å²) in [6, 6.07) is 19.5. The number of halogens is 2. The van der Waals surface area contributed by atoms with Gasteiger partial charge in [-0.2, -0.15) is 0 Å². The van der Waals surface area contributed by atoms with Crippen molar-refractivity contribution in [2.24, 2.45) is 11.8 Å². The van der Waals surface area contributed by atoms with Crippen LogP contribution in [0.25, 0.3) is 0 Å². The number of carbonyl (C=O) groups excluding carboxylic acids is 3. The molecule has 3 aliphatic rings. The van der Waals surface area contributed by atoms with Gasteiger partial charge >= 0.3 is 0 Å². The van der Waals surface area contributed by atoms with Crippen molar-refractivity contribution in [3.8, 4) is 0 Å². The van der Waals surface area contributed by atoms with Crippen molar-refractivity contribution in [2.45, 2.75) is 25.0 Å². The summed E-state index contributed by atoms with van der Waals surface area (Å²) in [6.45, 7) is 2.04. The molecule has 3 amide bonds. The number of fused-ring (bicyclic) bond motifs is 4. The van der Waals surface area contributed by atoms with E-state index in [0.717, 1.165) is 5.56 Å². The van der Waals surface area contributed by atoms with Gasteiger partial charge in [0.05, 0.1) is 24.1 Å². The maximum absolute atomic E-state index is 14.2. The standard InChI is InChI=1S/C27H21ClFN3O3/c1-15-22-23(25(34)32(24(22)33)19-6-4-5-17(28)13-19)27(30-15)20-7-2-3-8-21(20)31(26(27)35)14-16-9-11-18(29)12-10-16/h2-13,15,22-23,30H,14H2,1H3/t15-,22+,23+,27+/m1/s1. The van der Waals surface area contributed by atoms with Crippen LogP contribution in [0.4, 0.5) is 15.8 Å². The van der Waals surface area contributed by atoms with Gasteiger partial charge in [-0.15, -0.1) is 0 Å². The topological polar surface area (TPSA) is 69.7 Å². The van der Waals surface area contributed by atoms with Crippen molar-refractivity contribution < 1.29 is 18.8 Å². The number of rotatable bonds is 3. The lowest BCUT2D eigenvalue weighted by atomic mass is 9.76. The lowest BCUT2D eigenvalue weighted by molar-refractivity contribution is -0.132. The first-order valence-corrected chi connectivity index (χ1v) is 11.8. The van der Waals surface area contributed by atoms with E-state index in [4.69, 9.17) is 11.6 Å². The molecule has 0 unspecified atom stereocenters. The smallest absolute Gasteiger partial charge is 0.253 e. The molecule has 6 rings (SSSR count). The van der Waals surface area contributed by atoms with E-state index in [1.54, 1.807) is 41.3 Å². The Morgan fingerprint density at radius 2 is 1.71 bits per heavy atom. The molecule has 1 N–H and O–H groups in total. The maximum atomic E-state index is 14.2. The minimum Gasteiger partial charge on any atom is -0.306 e. The Morgan fingerprint density at radius 1 is 0.971 bits per heavy atom. The van der Waals surface area contributed by atoms with Crippen LogP contribution in [-0.2, 0) is 26.5 Å². The summed E-state index contributed by atoms with van der Waals surface area (Å²) in [6.07, 6.45) is 0. The molecule has 3 aromatic carbocycles. The molecule has 3 aliphatic heterocycles. The number of hydrogen-bond acceptors (Lipinski definition) is 4. The second-order valence-electron chi connectivity index (χ2n) is 9.27. The van der Waals surface area contributed by atoms with Crippen LogP contribution in [0.15, 0.2) is 72.8 Å². The van der Waals surface area contributed by atoms with Gasteiger partial charge in [0.2, 0.25) is 11.8 Å². The quantitative estimate of drug-likeness (QED) is 0.564. The van der Waals surface area contributed by atoms with E-state index >= 15 is 0 Å². The van der Waals surface area contributed by atoms with Crippen LogP contribution < -0.4 is 15.1 Å². The van der Waals surface area contributed by atoms with Crippen molar-refractivity contribution in [1.82, 2.24) is 5.32 Å². The van der Waals surface area contributed by atoms with E-state index in [1.807, 2.05) is 31.2 Å². The molecule has 0 saturated carbocycles. The maximum Gasteiger partial charge on any atom is 0.253 e. The molecule has 35 heavy (non-hydrogen) atoms. The van der Waals surface area contributed by atoms with Gasteiger partial charge in [0.25, 0.3) is 5.91 Å². The minimum atomic E-state index is -1.37. The summed E-state index contributed by atoms with van der Waals surface area (Å²) in [4.78, 5) is 44.4. The average Bonchev–Trinajstić information content (AvgIpc) is 3.39. The highest BCUT2D eigenvalue weighted by Gasteiger charge is 2.71. The van der Waals surface area contributed by atoms with Gasteiger partial charge in [-0.3, -0.25) is 19.7 Å². The minimum absolute atomic E-state index is 0.214. The van der Waals surface area contributed by atoms with E-state index in [-0.39, 0.29) is 24.2 Å². The first-order valence-electron chi connectivity index (χ1n) is 11.4. The van der Waals surface area contributed by atoms with Gasteiger partial charge in [0, 0.05) is 22.3 Å². The van der Waals surface area contributed by atoms with E-state index in [0.29, 0.717) is 22.0 Å². The number of imide groups is 1. The summed E-state index contributed by atoms with van der Waals surface area (Å²) >= 11 is 6.14. The third-order valence-electron chi connectivity index (χ3n) is 7.33. The number of hydrogen-bond donors (Lipinski definition) is 1. The van der Waals surface area contributed by atoms with Gasteiger partial charge in [-0.1, -0.05) is 48.0 Å². The van der Waals surface area contributed by atoms with Crippen molar-refractivity contribution in [3.05, 3.63) is 94.8 Å². The molecule has 176 valence electrons. The van der Waals surface area contributed by atoms with Crippen LogP contribution >= 0.6 is 11.6 Å². The van der Waals surface area contributed by atoms with Crippen LogP contribution in [0.2, 0.25) is 5.02 Å². The molecule has 0 radical (unpaired) electrons. The summed E-state index contributed by atoms with van der Waals surface area (Å²) in [5.74, 6) is -3.03. The number of para-hydroxylation sites is 1. The fraction of sp³-hybridized carbons (Fsp3) is 0.222. The monoisotopic (exact) mass is 489 g/mol. The highest BCUT2D eigenvalue weighted by atomic mass is 35.5. The van der Waals surface area contributed by atoms with Crippen LogP contribution in [0, 0.1) is 17.7 Å². The van der Waals surface area contributed by atoms with Crippen molar-refractivity contribution in [3.63, 3.8) is 0 Å². The average molecular weight is 490 g/mol. The Hall–Kier alpha value is -3.55. The highest BCUT2D eigenvalue weighted by Crippen LogP contribution is 2.55. The number of carbonyl (C=O) groups is 3. The number of nitrogens with zero attached hydrogens (tertiary/aromatic N) is 2. The van der Waals surface area contributed by atoms with Crippen molar-refractivity contribution in [1.29, 1.82) is 0 Å². The van der Waals surface area contributed by atoms with E-state index in [1.165, 1.54) is 17.0 Å². The van der Waals surface area contributed by atoms with Crippen LogP contribution in [-0.4, -0.2) is 23.8 Å². The molecule has 1 spiro atoms. The lowest BCUT2D eigenvalue weighted by Gasteiger charge is -2.30. The Kier molecular flexibility index (Phi) is 4.85. The summed E-state index contributed by atoms with van der Waals surface area (Å²) in [5, 5.41) is 3.77. The first kappa shape index (κ1) is 21.9. The molecular weight excluding hydrogens is 469 g/mol. The zero-order chi connectivity index (χ0) is 24.5. The largest absolute Gasteiger partial charge is 0.306 e. The van der Waals surface area contributed by atoms with E-state index in [2.05, 4.69) is 5.32 Å². The van der Waals surface area contributed by atoms with Crippen molar-refractivity contribution in [2.75, 3.05) is 9.80 Å². The van der Waals surface area contributed by atoms with Gasteiger partial charge in [-0.05, 0) is 48.9 Å². The summed E-state index contributed by atoms with van der Waals surface area (Å²) in [7, 11) is 0. The molecule has 6 nitrogen and oxygen atoms in total. The zero-order valence-corrected chi connectivity index (χ0v) is 19.5. The molecule has 4 atom stereocenters. The predicted octanol–water partition coefficient (Wildman–Crippen LogP) is 4.02. The summed E-state index contributed by atoms with van der Waals surface area (Å²) in [5.41, 5.74) is 1.11. The molecule has 2 fully saturated rings. The molecule has 8 heteroatoms. The van der Waals surface area contributed by atoms with Crippen molar-refractivity contribution >= 4 is 40.7 Å².